The number of hydrogen-bond acceptors (Lipinski definition) is 4. The van der Waals surface area contributed by atoms with Gasteiger partial charge in [-0.15, -0.1) is 0 Å². The first-order chi connectivity index (χ1) is 11.6. The molecule has 6 heteroatoms. The second kappa shape index (κ2) is 7.49. The fraction of sp³-hybridized carbons (Fsp3) is 0.444. The quantitative estimate of drug-likeness (QED) is 0.841. The fourth-order valence-electron chi connectivity index (χ4n) is 3.14. The van der Waals surface area contributed by atoms with Crippen LogP contribution in [0.1, 0.15) is 25.1 Å². The zero-order chi connectivity index (χ0) is 16.9. The van der Waals surface area contributed by atoms with Gasteiger partial charge in [0.2, 0.25) is 5.91 Å². The molecule has 2 heterocycles. The number of nitrogens with zero attached hydrogens (tertiary/aromatic N) is 3. The zero-order valence-electron chi connectivity index (χ0n) is 14.2. The summed E-state index contributed by atoms with van der Waals surface area (Å²) in [6.07, 6.45) is 2.33. The summed E-state index contributed by atoms with van der Waals surface area (Å²) in [6, 6.07) is 12.0. The lowest BCUT2D eigenvalue weighted by atomic mass is 10.2. The molecular weight excluding hydrogens is 304 g/mol. The van der Waals surface area contributed by atoms with Crippen LogP contribution in [0.4, 0.5) is 0 Å². The van der Waals surface area contributed by atoms with Crippen molar-refractivity contribution in [1.82, 2.24) is 20.0 Å². The molecule has 0 spiro atoms. The Morgan fingerprint density at radius 1 is 1.33 bits per heavy atom. The van der Waals surface area contributed by atoms with Crippen molar-refractivity contribution >= 4 is 5.91 Å². The van der Waals surface area contributed by atoms with Gasteiger partial charge < -0.3 is 15.0 Å². The molecule has 0 radical (unpaired) electrons. The number of hydrogen-bond donors (Lipinski definition) is 1. The summed E-state index contributed by atoms with van der Waals surface area (Å²) in [5, 5.41) is 7.72. The van der Waals surface area contributed by atoms with Gasteiger partial charge in [0.05, 0.1) is 12.2 Å². The molecule has 1 amide bonds. The molecule has 6 nitrogen and oxygen atoms in total. The second-order valence-corrected chi connectivity index (χ2v) is 6.17. The van der Waals surface area contributed by atoms with E-state index in [0.29, 0.717) is 19.6 Å². The van der Waals surface area contributed by atoms with Crippen molar-refractivity contribution in [2.75, 3.05) is 19.7 Å². The Labute approximate surface area is 142 Å². The zero-order valence-corrected chi connectivity index (χ0v) is 14.2. The molecule has 128 valence electrons. The van der Waals surface area contributed by atoms with Crippen molar-refractivity contribution in [3.63, 3.8) is 0 Å². The molecule has 1 aromatic heterocycles. The Balaban J connectivity index is 1.46. The monoisotopic (exact) mass is 328 g/mol. The van der Waals surface area contributed by atoms with E-state index in [4.69, 9.17) is 4.74 Å². The summed E-state index contributed by atoms with van der Waals surface area (Å²) in [7, 11) is 1.93. The average Bonchev–Trinajstić information content (AvgIpc) is 3.14. The van der Waals surface area contributed by atoms with Gasteiger partial charge in [-0.2, -0.15) is 5.10 Å². The summed E-state index contributed by atoms with van der Waals surface area (Å²) < 4.78 is 7.54. The average molecular weight is 328 g/mol. The number of aromatic nitrogens is 2. The summed E-state index contributed by atoms with van der Waals surface area (Å²) in [6.45, 7) is 3.95. The molecular formula is C18H24N4O2. The minimum Gasteiger partial charge on any atom is -0.492 e. The number of benzene rings is 1. The smallest absolute Gasteiger partial charge is 0.224 e. The highest BCUT2D eigenvalue weighted by Crippen LogP contribution is 2.17. The van der Waals surface area contributed by atoms with E-state index < -0.39 is 0 Å². The first kappa shape index (κ1) is 16.5. The van der Waals surface area contributed by atoms with Crippen molar-refractivity contribution < 1.29 is 9.53 Å². The van der Waals surface area contributed by atoms with Crippen molar-refractivity contribution in [2.45, 2.75) is 25.4 Å². The molecule has 1 N–H and O–H groups in total. The third-order valence-electron chi connectivity index (χ3n) is 4.38. The molecule has 2 aromatic rings. The maximum Gasteiger partial charge on any atom is 0.224 e. The van der Waals surface area contributed by atoms with Gasteiger partial charge in [0.1, 0.15) is 12.4 Å². The first-order valence-corrected chi connectivity index (χ1v) is 8.33. The van der Waals surface area contributed by atoms with Crippen molar-refractivity contribution in [2.24, 2.45) is 7.05 Å². The number of ether oxygens (including phenoxy) is 1. The van der Waals surface area contributed by atoms with Crippen LogP contribution < -0.4 is 10.1 Å². The third-order valence-corrected chi connectivity index (χ3v) is 4.38. The van der Waals surface area contributed by atoms with E-state index in [-0.39, 0.29) is 18.0 Å². The van der Waals surface area contributed by atoms with E-state index in [1.807, 2.05) is 53.0 Å². The number of carbonyl (C=O) groups excluding carboxylic acids is 1. The molecule has 1 aliphatic heterocycles. The topological polar surface area (TPSA) is 59.4 Å². The maximum atomic E-state index is 12.2. The lowest BCUT2D eigenvalue weighted by Crippen LogP contribution is -2.36. The molecule has 3 rings (SSSR count). The first-order valence-electron chi connectivity index (χ1n) is 8.33. The molecule has 0 unspecified atom stereocenters. The summed E-state index contributed by atoms with van der Waals surface area (Å²) >= 11 is 0. The third kappa shape index (κ3) is 3.94. The Hall–Kier alpha value is -2.34. The van der Waals surface area contributed by atoms with Crippen molar-refractivity contribution in [3.8, 4) is 5.75 Å². The van der Waals surface area contributed by atoms with Gasteiger partial charge in [0, 0.05) is 38.3 Å². The van der Waals surface area contributed by atoms with E-state index in [1.165, 1.54) is 0 Å². The lowest BCUT2D eigenvalue weighted by molar-refractivity contribution is -0.128. The van der Waals surface area contributed by atoms with Gasteiger partial charge in [0.15, 0.2) is 0 Å². The Morgan fingerprint density at radius 2 is 2.12 bits per heavy atom. The summed E-state index contributed by atoms with van der Waals surface area (Å²) in [5.74, 6) is 1.02. The van der Waals surface area contributed by atoms with Gasteiger partial charge in [-0.25, -0.2) is 0 Å². The highest BCUT2D eigenvalue weighted by Gasteiger charge is 2.30. The standard InChI is InChI=1S/C18H24N4O2/c1-14(17-8-9-19-21(17)2)20-15-12-18(23)22(13-15)10-11-24-16-6-4-3-5-7-16/h3-9,14-15,20H,10-13H2,1-2H3/t14-,15+/m0/s1. The molecule has 2 atom stereocenters. The fourth-order valence-corrected chi connectivity index (χ4v) is 3.14. The summed E-state index contributed by atoms with van der Waals surface area (Å²) in [4.78, 5) is 14.0. The SMILES string of the molecule is C[C@H](N[C@@H]1CC(=O)N(CCOc2ccccc2)C1)c1ccnn1C. The number of carbonyl (C=O) groups is 1. The number of rotatable bonds is 7. The van der Waals surface area contributed by atoms with Gasteiger partial charge in [0.25, 0.3) is 0 Å². The Morgan fingerprint density at radius 3 is 2.83 bits per heavy atom. The maximum absolute atomic E-state index is 12.2. The minimum absolute atomic E-state index is 0.163. The van der Waals surface area contributed by atoms with Crippen LogP contribution in [-0.2, 0) is 11.8 Å². The van der Waals surface area contributed by atoms with Crippen LogP contribution in [0, 0.1) is 0 Å². The normalized spacial score (nSPS) is 18.8. The molecule has 1 aromatic carbocycles. The van der Waals surface area contributed by atoms with Crippen LogP contribution in [0.2, 0.25) is 0 Å². The highest BCUT2D eigenvalue weighted by atomic mass is 16.5. The molecule has 1 saturated heterocycles. The number of amides is 1. The van der Waals surface area contributed by atoms with Gasteiger partial charge in [-0.05, 0) is 25.1 Å². The van der Waals surface area contributed by atoms with Gasteiger partial charge >= 0.3 is 0 Å². The van der Waals surface area contributed by atoms with Crippen molar-refractivity contribution in [1.29, 1.82) is 0 Å². The predicted molar refractivity (Wildman–Crippen MR) is 91.7 cm³/mol. The van der Waals surface area contributed by atoms with E-state index >= 15 is 0 Å². The van der Waals surface area contributed by atoms with Crippen LogP contribution in [0.15, 0.2) is 42.6 Å². The molecule has 1 aliphatic rings. The largest absolute Gasteiger partial charge is 0.492 e. The van der Waals surface area contributed by atoms with Gasteiger partial charge in [-0.3, -0.25) is 9.48 Å². The number of nitrogens with one attached hydrogen (secondary N) is 1. The van der Waals surface area contributed by atoms with Crippen LogP contribution in [0.5, 0.6) is 5.75 Å². The van der Waals surface area contributed by atoms with Gasteiger partial charge in [-0.1, -0.05) is 18.2 Å². The molecule has 1 fully saturated rings. The second-order valence-electron chi connectivity index (χ2n) is 6.17. The van der Waals surface area contributed by atoms with Crippen LogP contribution >= 0.6 is 0 Å². The van der Waals surface area contributed by atoms with Crippen LogP contribution in [0.25, 0.3) is 0 Å². The predicted octanol–water partition coefficient (Wildman–Crippen LogP) is 1.75. The number of aryl methyl sites for hydroxylation is 1. The van der Waals surface area contributed by atoms with E-state index in [1.54, 1.807) is 6.20 Å². The van der Waals surface area contributed by atoms with E-state index in [9.17, 15) is 4.79 Å². The minimum atomic E-state index is 0.163. The van der Waals surface area contributed by atoms with Crippen LogP contribution in [-0.4, -0.2) is 46.3 Å². The van der Waals surface area contributed by atoms with Crippen molar-refractivity contribution in [3.05, 3.63) is 48.3 Å². The highest BCUT2D eigenvalue weighted by molar-refractivity contribution is 5.79. The Bertz CT molecular complexity index is 671. The molecule has 0 aliphatic carbocycles. The number of para-hydroxylation sites is 1. The van der Waals surface area contributed by atoms with E-state index in [0.717, 1.165) is 18.0 Å². The number of likely N-dealkylation sites (tertiary alicyclic amines) is 1. The molecule has 24 heavy (non-hydrogen) atoms. The molecule has 0 saturated carbocycles. The Kier molecular flexibility index (Phi) is 5.15. The summed E-state index contributed by atoms with van der Waals surface area (Å²) in [5.41, 5.74) is 1.12. The lowest BCUT2D eigenvalue weighted by Gasteiger charge is -2.20. The van der Waals surface area contributed by atoms with E-state index in [2.05, 4.69) is 17.3 Å². The van der Waals surface area contributed by atoms with Crippen LogP contribution in [0.3, 0.4) is 0 Å². The molecule has 0 bridgehead atoms.